The van der Waals surface area contributed by atoms with Crippen molar-refractivity contribution < 1.29 is 4.79 Å². The highest BCUT2D eigenvalue weighted by Gasteiger charge is 2.22. The Morgan fingerprint density at radius 2 is 2.53 bits per heavy atom. The molecule has 0 atom stereocenters. The van der Waals surface area contributed by atoms with Crippen LogP contribution in [-0.4, -0.2) is 20.0 Å². The predicted molar refractivity (Wildman–Crippen MR) is 64.2 cm³/mol. The number of nitrogens with one attached hydrogen (secondary N) is 1. The second kappa shape index (κ2) is 4.16. The Morgan fingerprint density at radius 1 is 1.73 bits per heavy atom. The summed E-state index contributed by atoms with van der Waals surface area (Å²) in [6.45, 7) is 2.83. The average Bonchev–Trinajstić information content (AvgIpc) is 2.75. The Labute approximate surface area is 96.7 Å². The number of aromatic nitrogens is 2. The van der Waals surface area contributed by atoms with Gasteiger partial charge in [-0.15, -0.1) is 0 Å². The van der Waals surface area contributed by atoms with Crippen LogP contribution in [0, 0.1) is 0 Å². The van der Waals surface area contributed by atoms with Gasteiger partial charge in [-0.1, -0.05) is 24.0 Å². The minimum atomic E-state index is -0.143. The summed E-state index contributed by atoms with van der Waals surface area (Å²) in [5.74, 6) is -0.143. The van der Waals surface area contributed by atoms with Crippen molar-refractivity contribution in [3.05, 3.63) is 22.9 Å². The van der Waals surface area contributed by atoms with Crippen LogP contribution in [0.25, 0.3) is 6.08 Å². The van der Waals surface area contributed by atoms with Crippen LogP contribution in [0.1, 0.15) is 12.6 Å². The maximum atomic E-state index is 11.3. The van der Waals surface area contributed by atoms with Crippen LogP contribution < -0.4 is 5.32 Å². The molecule has 1 aromatic rings. The number of hydrogen-bond acceptors (Lipinski definition) is 4. The van der Waals surface area contributed by atoms with Gasteiger partial charge in [-0.05, 0) is 19.1 Å². The molecule has 4 nitrogen and oxygen atoms in total. The molecule has 1 aromatic heterocycles. The van der Waals surface area contributed by atoms with E-state index in [9.17, 15) is 4.79 Å². The third-order valence-corrected chi connectivity index (χ3v) is 3.07. The fraction of sp³-hybridized carbons (Fsp3) is 0.222. The van der Waals surface area contributed by atoms with E-state index in [4.69, 9.17) is 12.2 Å². The van der Waals surface area contributed by atoms with Gasteiger partial charge in [0.25, 0.3) is 5.91 Å². The van der Waals surface area contributed by atoms with Crippen LogP contribution >= 0.6 is 24.0 Å². The zero-order valence-corrected chi connectivity index (χ0v) is 9.69. The Hall–Kier alpha value is -1.14. The molecular weight excluding hydrogens is 230 g/mol. The molecule has 0 radical (unpaired) electrons. The summed E-state index contributed by atoms with van der Waals surface area (Å²) in [6, 6.07) is 1.87. The molecular formula is C9H9N3OS2. The molecule has 0 bridgehead atoms. The molecule has 0 spiro atoms. The quantitative estimate of drug-likeness (QED) is 0.626. The number of thioether (sulfide) groups is 1. The maximum absolute atomic E-state index is 11.3. The first-order valence-corrected chi connectivity index (χ1v) is 5.70. The van der Waals surface area contributed by atoms with Crippen molar-refractivity contribution in [1.82, 2.24) is 15.1 Å². The molecule has 0 saturated carbocycles. The SMILES string of the molecule is CCn1ccc(C=C2SC(=S)NC2=O)n1. The van der Waals surface area contributed by atoms with Crippen LogP contribution in [-0.2, 0) is 11.3 Å². The number of carbonyl (C=O) groups excluding carboxylic acids is 1. The molecule has 2 heterocycles. The van der Waals surface area contributed by atoms with Gasteiger partial charge < -0.3 is 5.32 Å². The summed E-state index contributed by atoms with van der Waals surface area (Å²) in [6.07, 6.45) is 3.62. The summed E-state index contributed by atoms with van der Waals surface area (Å²) < 4.78 is 2.31. The van der Waals surface area contributed by atoms with E-state index < -0.39 is 0 Å². The first-order valence-electron chi connectivity index (χ1n) is 4.47. The molecule has 6 heteroatoms. The van der Waals surface area contributed by atoms with E-state index in [1.807, 2.05) is 23.9 Å². The Balaban J connectivity index is 2.22. The lowest BCUT2D eigenvalue weighted by atomic mass is 10.4. The lowest BCUT2D eigenvalue weighted by molar-refractivity contribution is -0.115. The van der Waals surface area contributed by atoms with Crippen molar-refractivity contribution in [3.8, 4) is 0 Å². The second-order valence-electron chi connectivity index (χ2n) is 2.95. The lowest BCUT2D eigenvalue weighted by Gasteiger charge is -1.91. The van der Waals surface area contributed by atoms with Gasteiger partial charge in [0.1, 0.15) is 4.32 Å². The molecule has 2 rings (SSSR count). The molecule has 1 amide bonds. The summed E-state index contributed by atoms with van der Waals surface area (Å²) in [5, 5.41) is 6.82. The third-order valence-electron chi connectivity index (χ3n) is 1.91. The van der Waals surface area contributed by atoms with Crippen LogP contribution in [0.3, 0.4) is 0 Å². The van der Waals surface area contributed by atoms with Crippen molar-refractivity contribution in [2.45, 2.75) is 13.5 Å². The highest BCUT2D eigenvalue weighted by atomic mass is 32.2. The number of rotatable bonds is 2. The number of amides is 1. The largest absolute Gasteiger partial charge is 0.307 e. The summed E-state index contributed by atoms with van der Waals surface area (Å²) in [5.41, 5.74) is 0.777. The van der Waals surface area contributed by atoms with Gasteiger partial charge >= 0.3 is 0 Å². The second-order valence-corrected chi connectivity index (χ2v) is 4.67. The highest BCUT2D eigenvalue weighted by molar-refractivity contribution is 8.26. The minimum Gasteiger partial charge on any atom is -0.307 e. The molecule has 78 valence electrons. The molecule has 1 fully saturated rings. The molecule has 1 N–H and O–H groups in total. The summed E-state index contributed by atoms with van der Waals surface area (Å²) >= 11 is 6.15. The first-order chi connectivity index (χ1) is 7.19. The number of carbonyl (C=O) groups is 1. The summed E-state index contributed by atoms with van der Waals surface area (Å²) in [7, 11) is 0. The highest BCUT2D eigenvalue weighted by Crippen LogP contribution is 2.25. The van der Waals surface area contributed by atoms with E-state index in [1.54, 1.807) is 6.08 Å². The van der Waals surface area contributed by atoms with Crippen molar-refractivity contribution in [2.24, 2.45) is 0 Å². The Bertz CT molecular complexity index is 450. The van der Waals surface area contributed by atoms with Gasteiger partial charge in [-0.2, -0.15) is 5.10 Å². The van der Waals surface area contributed by atoms with Crippen LogP contribution in [0.4, 0.5) is 0 Å². The standard InChI is InChI=1S/C9H9N3OS2/c1-2-12-4-3-6(11-12)5-7-8(13)10-9(14)15-7/h3-5H,2H2,1H3,(H,10,13,14). The molecule has 15 heavy (non-hydrogen) atoms. The van der Waals surface area contributed by atoms with Crippen molar-refractivity contribution in [3.63, 3.8) is 0 Å². The molecule has 1 saturated heterocycles. The van der Waals surface area contributed by atoms with E-state index >= 15 is 0 Å². The third kappa shape index (κ3) is 2.27. The van der Waals surface area contributed by atoms with E-state index in [-0.39, 0.29) is 5.91 Å². The van der Waals surface area contributed by atoms with E-state index in [1.165, 1.54) is 11.8 Å². The Kier molecular flexibility index (Phi) is 2.88. The molecule has 0 unspecified atom stereocenters. The smallest absolute Gasteiger partial charge is 0.263 e. The van der Waals surface area contributed by atoms with Gasteiger partial charge in [0, 0.05) is 12.7 Å². The topological polar surface area (TPSA) is 46.9 Å². The zero-order chi connectivity index (χ0) is 10.8. The fourth-order valence-electron chi connectivity index (χ4n) is 1.19. The van der Waals surface area contributed by atoms with Gasteiger partial charge in [-0.3, -0.25) is 9.48 Å². The molecule has 1 aliphatic heterocycles. The molecule has 0 aliphatic carbocycles. The van der Waals surface area contributed by atoms with Crippen molar-refractivity contribution in [1.29, 1.82) is 0 Å². The monoisotopic (exact) mass is 239 g/mol. The predicted octanol–water partition coefficient (Wildman–Crippen LogP) is 1.39. The number of hydrogen-bond donors (Lipinski definition) is 1. The molecule has 1 aliphatic rings. The molecule has 0 aromatic carbocycles. The summed E-state index contributed by atoms with van der Waals surface area (Å²) in [4.78, 5) is 11.9. The number of nitrogens with zero attached hydrogens (tertiary/aromatic N) is 2. The van der Waals surface area contributed by atoms with E-state index in [0.717, 1.165) is 12.2 Å². The average molecular weight is 239 g/mol. The van der Waals surface area contributed by atoms with Crippen LogP contribution in [0.15, 0.2) is 17.2 Å². The van der Waals surface area contributed by atoms with E-state index in [2.05, 4.69) is 10.4 Å². The minimum absolute atomic E-state index is 0.143. The van der Waals surface area contributed by atoms with E-state index in [0.29, 0.717) is 9.23 Å². The van der Waals surface area contributed by atoms with Gasteiger partial charge in [0.15, 0.2) is 0 Å². The zero-order valence-electron chi connectivity index (χ0n) is 8.06. The maximum Gasteiger partial charge on any atom is 0.263 e. The van der Waals surface area contributed by atoms with Crippen LogP contribution in [0.2, 0.25) is 0 Å². The lowest BCUT2D eigenvalue weighted by Crippen LogP contribution is -2.17. The van der Waals surface area contributed by atoms with Crippen LogP contribution in [0.5, 0.6) is 0 Å². The normalized spacial score (nSPS) is 18.6. The number of aryl methyl sites for hydroxylation is 1. The number of thiocarbonyl (C=S) groups is 1. The van der Waals surface area contributed by atoms with Gasteiger partial charge in [0.2, 0.25) is 0 Å². The fourth-order valence-corrected chi connectivity index (χ4v) is 2.21. The van der Waals surface area contributed by atoms with Crippen molar-refractivity contribution >= 4 is 40.3 Å². The van der Waals surface area contributed by atoms with Gasteiger partial charge in [0.05, 0.1) is 10.6 Å². The van der Waals surface area contributed by atoms with Gasteiger partial charge in [-0.25, -0.2) is 0 Å². The van der Waals surface area contributed by atoms with Crippen molar-refractivity contribution in [2.75, 3.05) is 0 Å². The first kappa shape index (κ1) is 10.4. The Morgan fingerprint density at radius 3 is 3.07 bits per heavy atom.